The molecule has 3 aromatic rings. The fourth-order valence-corrected chi connectivity index (χ4v) is 2.86. The number of benzene rings is 1. The average molecular weight is 382 g/mol. The molecule has 0 saturated heterocycles. The van der Waals surface area contributed by atoms with E-state index in [9.17, 15) is 14.0 Å². The smallest absolute Gasteiger partial charge is 0.331 e. The zero-order chi connectivity index (χ0) is 20.3. The summed E-state index contributed by atoms with van der Waals surface area (Å²) in [5, 5.41) is 3.97. The van der Waals surface area contributed by atoms with Crippen LogP contribution in [0.2, 0.25) is 0 Å². The highest BCUT2D eigenvalue weighted by molar-refractivity contribution is 6.00. The van der Waals surface area contributed by atoms with Crippen LogP contribution in [0.1, 0.15) is 33.1 Å². The second-order valence-corrected chi connectivity index (χ2v) is 6.33. The molecule has 0 spiro atoms. The van der Waals surface area contributed by atoms with E-state index in [0.717, 1.165) is 5.69 Å². The van der Waals surface area contributed by atoms with Gasteiger partial charge in [0.15, 0.2) is 12.4 Å². The molecule has 3 rings (SSSR count). The van der Waals surface area contributed by atoms with Crippen molar-refractivity contribution in [1.82, 2.24) is 9.72 Å². The molecule has 0 bridgehead atoms. The third-order valence-corrected chi connectivity index (χ3v) is 4.20. The molecule has 2 aromatic heterocycles. The Bertz CT molecular complexity index is 1050. The van der Waals surface area contributed by atoms with Crippen molar-refractivity contribution >= 4 is 17.8 Å². The lowest BCUT2D eigenvalue weighted by Crippen LogP contribution is -2.13. The maximum atomic E-state index is 12.9. The lowest BCUT2D eigenvalue weighted by molar-refractivity contribution is -0.136. The van der Waals surface area contributed by atoms with Crippen LogP contribution in [0.4, 0.5) is 4.39 Å². The predicted octanol–water partition coefficient (Wildman–Crippen LogP) is 3.97. The highest BCUT2D eigenvalue weighted by atomic mass is 19.1. The second-order valence-electron chi connectivity index (χ2n) is 6.33. The first-order valence-electron chi connectivity index (χ1n) is 8.61. The quantitative estimate of drug-likeness (QED) is 0.366. The molecule has 28 heavy (non-hydrogen) atoms. The fraction of sp³-hybridized carbons (Fsp3) is 0.190. The van der Waals surface area contributed by atoms with Crippen LogP contribution in [0.15, 0.2) is 47.0 Å². The van der Waals surface area contributed by atoms with Gasteiger partial charge in [-0.1, -0.05) is 17.3 Å². The van der Waals surface area contributed by atoms with E-state index in [4.69, 9.17) is 9.26 Å². The van der Waals surface area contributed by atoms with Gasteiger partial charge in [-0.3, -0.25) is 9.36 Å². The summed E-state index contributed by atoms with van der Waals surface area (Å²) in [6.45, 7) is 5.05. The predicted molar refractivity (Wildman–Crippen MR) is 101 cm³/mol. The minimum Gasteiger partial charge on any atom is -0.454 e. The summed E-state index contributed by atoms with van der Waals surface area (Å²) in [5.74, 6) is -0.0755. The summed E-state index contributed by atoms with van der Waals surface area (Å²) < 4.78 is 24.8. The molecule has 0 saturated carbocycles. The minimum atomic E-state index is -0.654. The van der Waals surface area contributed by atoms with Gasteiger partial charge in [-0.2, -0.15) is 0 Å². The van der Waals surface area contributed by atoms with E-state index in [1.54, 1.807) is 30.5 Å². The Morgan fingerprint density at radius 1 is 1.18 bits per heavy atom. The van der Waals surface area contributed by atoms with Crippen LogP contribution < -0.4 is 0 Å². The molecule has 0 aliphatic rings. The molecule has 0 atom stereocenters. The number of ketones is 1. The van der Waals surface area contributed by atoms with Crippen molar-refractivity contribution in [1.29, 1.82) is 0 Å². The monoisotopic (exact) mass is 382 g/mol. The number of rotatable bonds is 6. The van der Waals surface area contributed by atoms with Crippen molar-refractivity contribution < 1.29 is 23.2 Å². The molecule has 1 aromatic carbocycles. The number of carbonyl (C=O) groups is 2. The highest BCUT2D eigenvalue weighted by Gasteiger charge is 2.19. The van der Waals surface area contributed by atoms with E-state index in [1.165, 1.54) is 36.4 Å². The molecule has 144 valence electrons. The van der Waals surface area contributed by atoms with Gasteiger partial charge < -0.3 is 9.26 Å². The first-order chi connectivity index (χ1) is 13.3. The Morgan fingerprint density at radius 2 is 1.89 bits per heavy atom. The molecule has 0 fully saturated rings. The van der Waals surface area contributed by atoms with Crippen molar-refractivity contribution in [3.63, 3.8) is 0 Å². The van der Waals surface area contributed by atoms with Crippen molar-refractivity contribution in [2.24, 2.45) is 0 Å². The van der Waals surface area contributed by atoms with Gasteiger partial charge in [0.05, 0.1) is 0 Å². The molecule has 0 aliphatic heterocycles. The Morgan fingerprint density at radius 3 is 2.54 bits per heavy atom. The van der Waals surface area contributed by atoms with Crippen LogP contribution in [-0.4, -0.2) is 28.1 Å². The standard InChI is InChI=1S/C21H19FN2O4/c1-13-10-18(15(3)24(13)20-11-14(2)28-23-20)19(25)12-27-21(26)9-6-16-4-7-17(22)8-5-16/h4-11H,12H2,1-3H3/b9-6+. The van der Waals surface area contributed by atoms with E-state index in [1.807, 2.05) is 6.92 Å². The zero-order valence-electron chi connectivity index (χ0n) is 15.7. The summed E-state index contributed by atoms with van der Waals surface area (Å²) >= 11 is 0. The molecule has 0 amide bonds. The molecule has 2 heterocycles. The number of halogens is 1. The van der Waals surface area contributed by atoms with Crippen LogP contribution in [0.3, 0.4) is 0 Å². The first kappa shape index (κ1) is 19.3. The van der Waals surface area contributed by atoms with Crippen molar-refractivity contribution in [2.75, 3.05) is 6.61 Å². The number of nitrogens with zero attached hydrogens (tertiary/aromatic N) is 2. The van der Waals surface area contributed by atoms with Gasteiger partial charge >= 0.3 is 5.97 Å². The van der Waals surface area contributed by atoms with Gasteiger partial charge in [0.1, 0.15) is 11.6 Å². The van der Waals surface area contributed by atoms with Crippen LogP contribution in [0, 0.1) is 26.6 Å². The molecular formula is C21H19FN2O4. The number of Topliss-reactive ketones (excluding diaryl/α,β-unsaturated/α-hetero) is 1. The van der Waals surface area contributed by atoms with Crippen molar-refractivity contribution in [2.45, 2.75) is 20.8 Å². The van der Waals surface area contributed by atoms with Gasteiger partial charge in [0.2, 0.25) is 5.78 Å². The van der Waals surface area contributed by atoms with E-state index >= 15 is 0 Å². The lowest BCUT2D eigenvalue weighted by Gasteiger charge is -2.05. The number of hydrogen-bond donors (Lipinski definition) is 0. The molecule has 0 N–H and O–H groups in total. The summed E-state index contributed by atoms with van der Waals surface area (Å²) in [7, 11) is 0. The Hall–Kier alpha value is -3.48. The average Bonchev–Trinajstić information content (AvgIpc) is 3.21. The third-order valence-electron chi connectivity index (χ3n) is 4.20. The number of esters is 1. The lowest BCUT2D eigenvalue weighted by atomic mass is 10.1. The maximum Gasteiger partial charge on any atom is 0.331 e. The Labute approximate surface area is 161 Å². The number of aromatic nitrogens is 2. The van der Waals surface area contributed by atoms with Crippen LogP contribution >= 0.6 is 0 Å². The normalized spacial score (nSPS) is 11.1. The summed E-state index contributed by atoms with van der Waals surface area (Å²) in [4.78, 5) is 24.3. The maximum absolute atomic E-state index is 12.9. The Kier molecular flexibility index (Phi) is 5.54. The minimum absolute atomic E-state index is 0.317. The molecule has 0 unspecified atom stereocenters. The second kappa shape index (κ2) is 8.04. The van der Waals surface area contributed by atoms with Gasteiger partial charge in [0.25, 0.3) is 0 Å². The molecule has 6 nitrogen and oxygen atoms in total. The van der Waals surface area contributed by atoms with Crippen LogP contribution in [0.25, 0.3) is 11.9 Å². The van der Waals surface area contributed by atoms with E-state index in [0.29, 0.717) is 28.4 Å². The Balaban J connectivity index is 1.65. The summed E-state index contributed by atoms with van der Waals surface area (Å²) in [6, 6.07) is 9.15. The number of aryl methyl sites for hydroxylation is 2. The topological polar surface area (TPSA) is 74.3 Å². The van der Waals surface area contributed by atoms with Crippen molar-refractivity contribution in [3.8, 4) is 5.82 Å². The summed E-state index contributed by atoms with van der Waals surface area (Å²) in [6.07, 6.45) is 2.69. The largest absolute Gasteiger partial charge is 0.454 e. The van der Waals surface area contributed by atoms with Crippen LogP contribution in [0.5, 0.6) is 0 Å². The molecule has 7 heteroatoms. The van der Waals surface area contributed by atoms with E-state index in [2.05, 4.69) is 5.16 Å². The van der Waals surface area contributed by atoms with Gasteiger partial charge in [-0.25, -0.2) is 9.18 Å². The fourth-order valence-electron chi connectivity index (χ4n) is 2.86. The van der Waals surface area contributed by atoms with E-state index in [-0.39, 0.29) is 18.2 Å². The SMILES string of the molecule is Cc1cc(-n2c(C)cc(C(=O)COC(=O)/C=C/c3ccc(F)cc3)c2C)no1. The van der Waals surface area contributed by atoms with E-state index < -0.39 is 5.97 Å². The summed E-state index contributed by atoms with van der Waals surface area (Å²) in [5.41, 5.74) is 2.61. The molecular weight excluding hydrogens is 363 g/mol. The van der Waals surface area contributed by atoms with Gasteiger partial charge in [0, 0.05) is 29.1 Å². The van der Waals surface area contributed by atoms with Gasteiger partial charge in [-0.05, 0) is 50.6 Å². The zero-order valence-corrected chi connectivity index (χ0v) is 15.7. The third kappa shape index (κ3) is 4.25. The van der Waals surface area contributed by atoms with Gasteiger partial charge in [-0.15, -0.1) is 0 Å². The highest BCUT2D eigenvalue weighted by Crippen LogP contribution is 2.21. The number of carbonyl (C=O) groups excluding carboxylic acids is 2. The first-order valence-corrected chi connectivity index (χ1v) is 8.61. The number of ether oxygens (including phenoxy) is 1. The number of hydrogen-bond acceptors (Lipinski definition) is 5. The molecule has 0 aliphatic carbocycles. The van der Waals surface area contributed by atoms with Crippen LogP contribution in [-0.2, 0) is 9.53 Å². The molecule has 0 radical (unpaired) electrons. The van der Waals surface area contributed by atoms with Crippen molar-refractivity contribution in [3.05, 3.63) is 76.6 Å².